The average Bonchev–Trinajstić information content (AvgIpc) is 2.42. The van der Waals surface area contributed by atoms with Crippen molar-refractivity contribution in [3.63, 3.8) is 0 Å². The van der Waals surface area contributed by atoms with Crippen LogP contribution in [0.2, 0.25) is 0 Å². The van der Waals surface area contributed by atoms with Crippen LogP contribution in [0.1, 0.15) is 19.0 Å². The monoisotopic (exact) mass is 263 g/mol. The van der Waals surface area contributed by atoms with Gasteiger partial charge in [-0.05, 0) is 18.6 Å². The smallest absolute Gasteiger partial charge is 0.320 e. The Morgan fingerprint density at radius 1 is 1.37 bits per heavy atom. The Morgan fingerprint density at radius 2 is 2.11 bits per heavy atom. The quantitative estimate of drug-likeness (QED) is 0.861. The highest BCUT2D eigenvalue weighted by Gasteiger charge is 2.27. The number of hydrogen-bond donors (Lipinski definition) is 1. The van der Waals surface area contributed by atoms with Crippen molar-refractivity contribution in [2.24, 2.45) is 0 Å². The highest BCUT2D eigenvalue weighted by atomic mass is 16.4. The van der Waals surface area contributed by atoms with E-state index in [0.29, 0.717) is 6.42 Å². The Bertz CT molecular complexity index is 402. The number of pyridine rings is 1. The van der Waals surface area contributed by atoms with Crippen LogP contribution in [0.3, 0.4) is 0 Å². The van der Waals surface area contributed by atoms with Gasteiger partial charge in [0.25, 0.3) is 0 Å². The fourth-order valence-electron chi connectivity index (χ4n) is 2.54. The first kappa shape index (κ1) is 14.0. The molecule has 1 N–H and O–H groups in total. The summed E-state index contributed by atoms with van der Waals surface area (Å²) in [6.07, 6.45) is 2.47. The van der Waals surface area contributed by atoms with Crippen molar-refractivity contribution in [3.8, 4) is 0 Å². The maximum atomic E-state index is 11.1. The molecule has 0 amide bonds. The summed E-state index contributed by atoms with van der Waals surface area (Å²) in [4.78, 5) is 19.9. The van der Waals surface area contributed by atoms with Crippen molar-refractivity contribution in [2.75, 3.05) is 26.2 Å². The lowest BCUT2D eigenvalue weighted by molar-refractivity contribution is -0.144. The molecule has 1 atom stereocenters. The van der Waals surface area contributed by atoms with Gasteiger partial charge in [-0.1, -0.05) is 13.0 Å². The van der Waals surface area contributed by atoms with Crippen molar-refractivity contribution in [1.29, 1.82) is 0 Å². The largest absolute Gasteiger partial charge is 0.480 e. The van der Waals surface area contributed by atoms with E-state index in [1.54, 1.807) is 0 Å². The molecule has 1 aromatic rings. The van der Waals surface area contributed by atoms with Crippen LogP contribution in [-0.2, 0) is 11.3 Å². The first-order valence-electron chi connectivity index (χ1n) is 6.80. The van der Waals surface area contributed by atoms with Gasteiger partial charge in [0.2, 0.25) is 0 Å². The molecule has 0 spiro atoms. The lowest BCUT2D eigenvalue weighted by Crippen LogP contribution is -2.52. The lowest BCUT2D eigenvalue weighted by Gasteiger charge is -2.37. The SMILES string of the molecule is CCC(C(=O)O)N1CCN(Cc2ccccn2)CC1. The third kappa shape index (κ3) is 3.75. The van der Waals surface area contributed by atoms with Crippen LogP contribution in [0, 0.1) is 0 Å². The van der Waals surface area contributed by atoms with E-state index < -0.39 is 5.97 Å². The summed E-state index contributed by atoms with van der Waals surface area (Å²) in [6.45, 7) is 6.22. The molecule has 1 unspecified atom stereocenters. The number of aliphatic carboxylic acids is 1. The van der Waals surface area contributed by atoms with Gasteiger partial charge in [-0.2, -0.15) is 0 Å². The molecule has 1 aliphatic rings. The van der Waals surface area contributed by atoms with E-state index in [2.05, 4.69) is 14.8 Å². The van der Waals surface area contributed by atoms with E-state index in [1.807, 2.05) is 31.3 Å². The van der Waals surface area contributed by atoms with Gasteiger partial charge >= 0.3 is 5.97 Å². The maximum absolute atomic E-state index is 11.1. The van der Waals surface area contributed by atoms with Gasteiger partial charge in [0.1, 0.15) is 6.04 Å². The van der Waals surface area contributed by atoms with E-state index in [-0.39, 0.29) is 6.04 Å². The maximum Gasteiger partial charge on any atom is 0.320 e. The molecular weight excluding hydrogens is 242 g/mol. The highest BCUT2D eigenvalue weighted by molar-refractivity contribution is 5.73. The fourth-order valence-corrected chi connectivity index (χ4v) is 2.54. The summed E-state index contributed by atoms with van der Waals surface area (Å²) in [6, 6.07) is 5.60. The summed E-state index contributed by atoms with van der Waals surface area (Å²) in [5.74, 6) is -0.708. The van der Waals surface area contributed by atoms with E-state index in [1.165, 1.54) is 0 Å². The minimum Gasteiger partial charge on any atom is -0.480 e. The first-order chi connectivity index (χ1) is 9.20. The predicted octanol–water partition coefficient (Wildman–Crippen LogP) is 1.06. The third-order valence-electron chi connectivity index (χ3n) is 3.63. The average molecular weight is 263 g/mol. The second-order valence-electron chi connectivity index (χ2n) is 4.90. The van der Waals surface area contributed by atoms with Gasteiger partial charge < -0.3 is 5.11 Å². The van der Waals surface area contributed by atoms with Gasteiger partial charge in [0.05, 0.1) is 5.69 Å². The van der Waals surface area contributed by atoms with Crippen molar-refractivity contribution in [2.45, 2.75) is 25.9 Å². The number of carboxylic acids is 1. The molecular formula is C14H21N3O2. The molecule has 2 rings (SSSR count). The summed E-state index contributed by atoms with van der Waals surface area (Å²) in [7, 11) is 0. The van der Waals surface area contributed by atoms with Gasteiger partial charge in [-0.25, -0.2) is 0 Å². The summed E-state index contributed by atoms with van der Waals surface area (Å²) >= 11 is 0. The van der Waals surface area contributed by atoms with Gasteiger partial charge in [0.15, 0.2) is 0 Å². The number of carboxylic acid groups (broad SMARTS) is 1. The molecule has 5 nitrogen and oxygen atoms in total. The van der Waals surface area contributed by atoms with Crippen LogP contribution >= 0.6 is 0 Å². The number of nitrogens with zero attached hydrogens (tertiary/aromatic N) is 3. The summed E-state index contributed by atoms with van der Waals surface area (Å²) in [5, 5.41) is 9.16. The van der Waals surface area contributed by atoms with Crippen LogP contribution in [0.4, 0.5) is 0 Å². The van der Waals surface area contributed by atoms with Crippen LogP contribution in [0.25, 0.3) is 0 Å². The van der Waals surface area contributed by atoms with E-state index in [9.17, 15) is 4.79 Å². The zero-order valence-electron chi connectivity index (χ0n) is 11.3. The molecule has 104 valence electrons. The third-order valence-corrected chi connectivity index (χ3v) is 3.63. The summed E-state index contributed by atoms with van der Waals surface area (Å²) in [5.41, 5.74) is 1.07. The molecule has 0 radical (unpaired) electrons. The zero-order chi connectivity index (χ0) is 13.7. The molecule has 1 saturated heterocycles. The molecule has 1 aromatic heterocycles. The van der Waals surface area contributed by atoms with Gasteiger partial charge in [0, 0.05) is 38.9 Å². The van der Waals surface area contributed by atoms with Crippen molar-refractivity contribution < 1.29 is 9.90 Å². The van der Waals surface area contributed by atoms with E-state index >= 15 is 0 Å². The molecule has 5 heteroatoms. The van der Waals surface area contributed by atoms with Crippen LogP contribution in [-0.4, -0.2) is 58.1 Å². The lowest BCUT2D eigenvalue weighted by atomic mass is 10.1. The Morgan fingerprint density at radius 3 is 2.63 bits per heavy atom. The number of piperazine rings is 1. The molecule has 1 fully saturated rings. The van der Waals surface area contributed by atoms with Crippen molar-refractivity contribution in [1.82, 2.24) is 14.8 Å². The van der Waals surface area contributed by atoms with Crippen molar-refractivity contribution >= 4 is 5.97 Å². The normalized spacial score (nSPS) is 19.2. The van der Waals surface area contributed by atoms with E-state index in [4.69, 9.17) is 5.11 Å². The molecule has 0 bridgehead atoms. The Balaban J connectivity index is 1.84. The number of rotatable bonds is 5. The number of aromatic nitrogens is 1. The first-order valence-corrected chi connectivity index (χ1v) is 6.80. The highest BCUT2D eigenvalue weighted by Crippen LogP contribution is 2.11. The van der Waals surface area contributed by atoms with Gasteiger partial charge in [-0.3, -0.25) is 19.6 Å². The van der Waals surface area contributed by atoms with Crippen LogP contribution in [0.15, 0.2) is 24.4 Å². The van der Waals surface area contributed by atoms with E-state index in [0.717, 1.165) is 38.4 Å². The molecule has 19 heavy (non-hydrogen) atoms. The van der Waals surface area contributed by atoms with Crippen LogP contribution in [0.5, 0.6) is 0 Å². The molecule has 0 aliphatic carbocycles. The number of hydrogen-bond acceptors (Lipinski definition) is 4. The second kappa shape index (κ2) is 6.63. The Kier molecular flexibility index (Phi) is 4.87. The molecule has 0 saturated carbocycles. The zero-order valence-corrected chi connectivity index (χ0v) is 11.3. The molecule has 2 heterocycles. The van der Waals surface area contributed by atoms with Crippen molar-refractivity contribution in [3.05, 3.63) is 30.1 Å². The second-order valence-corrected chi connectivity index (χ2v) is 4.90. The standard InChI is InChI=1S/C14H21N3O2/c1-2-13(14(18)19)17-9-7-16(8-10-17)11-12-5-3-4-6-15-12/h3-6,13H,2,7-11H2,1H3,(H,18,19). The minimum absolute atomic E-state index is 0.336. The predicted molar refractivity (Wildman–Crippen MR) is 72.8 cm³/mol. The topological polar surface area (TPSA) is 56.7 Å². The van der Waals surface area contributed by atoms with Crippen LogP contribution < -0.4 is 0 Å². The summed E-state index contributed by atoms with van der Waals surface area (Å²) < 4.78 is 0. The van der Waals surface area contributed by atoms with Gasteiger partial charge in [-0.15, -0.1) is 0 Å². The number of carbonyl (C=O) groups is 1. The Hall–Kier alpha value is -1.46. The minimum atomic E-state index is -0.708. The molecule has 1 aliphatic heterocycles. The Labute approximate surface area is 113 Å². The fraction of sp³-hybridized carbons (Fsp3) is 0.571. The molecule has 0 aromatic carbocycles.